The Balaban J connectivity index is 1.70. The number of carbonyl (C=O) groups excluding carboxylic acids is 2. The maximum atomic E-state index is 12.7. The minimum atomic E-state index is -3.86. The van der Waals surface area contributed by atoms with Gasteiger partial charge in [-0.05, 0) is 48.5 Å². The maximum absolute atomic E-state index is 12.7. The first kappa shape index (κ1) is 23.2. The van der Waals surface area contributed by atoms with Gasteiger partial charge in [0.15, 0.2) is 0 Å². The number of hydrogen-bond donors (Lipinski definition) is 2. The van der Waals surface area contributed by atoms with Crippen LogP contribution in [0.15, 0.2) is 64.9 Å². The molecule has 0 fully saturated rings. The highest BCUT2D eigenvalue weighted by atomic mass is 35.5. The van der Waals surface area contributed by atoms with Crippen molar-refractivity contribution in [3.05, 3.63) is 75.6 Å². The molecule has 0 radical (unpaired) electrons. The van der Waals surface area contributed by atoms with Gasteiger partial charge >= 0.3 is 0 Å². The van der Waals surface area contributed by atoms with E-state index in [9.17, 15) is 18.0 Å². The van der Waals surface area contributed by atoms with Gasteiger partial charge in [0.25, 0.3) is 15.9 Å². The lowest BCUT2D eigenvalue weighted by molar-refractivity contribution is -0.116. The van der Waals surface area contributed by atoms with Crippen molar-refractivity contribution in [2.45, 2.75) is 4.21 Å². The minimum absolute atomic E-state index is 0.0375. The Bertz CT molecular complexity index is 1210. The van der Waals surface area contributed by atoms with Crippen LogP contribution in [-0.2, 0) is 14.8 Å². The number of sulfonamides is 1. The second kappa shape index (κ2) is 9.80. The number of anilines is 2. The Labute approximate surface area is 193 Å². The SMILES string of the molecule is CN(CC(=O)Nc1ccccc1C(=O)Nc1ccc(Cl)cc1)S(=O)(=O)c1ccc(Cl)s1. The van der Waals surface area contributed by atoms with Crippen LogP contribution in [0.4, 0.5) is 11.4 Å². The average molecular weight is 498 g/mol. The van der Waals surface area contributed by atoms with Gasteiger partial charge in [-0.2, -0.15) is 4.31 Å². The van der Waals surface area contributed by atoms with Gasteiger partial charge in [-0.1, -0.05) is 35.3 Å². The molecule has 11 heteroatoms. The molecule has 2 amide bonds. The van der Waals surface area contributed by atoms with Crippen LogP contribution in [0.25, 0.3) is 0 Å². The van der Waals surface area contributed by atoms with Crippen molar-refractivity contribution in [3.8, 4) is 0 Å². The molecule has 1 heterocycles. The van der Waals surface area contributed by atoms with Crippen molar-refractivity contribution < 1.29 is 18.0 Å². The summed E-state index contributed by atoms with van der Waals surface area (Å²) in [7, 11) is -2.57. The second-order valence-corrected chi connectivity index (χ2v) is 10.8. The molecule has 0 bridgehead atoms. The standard InChI is InChI=1S/C20H17Cl2N3O4S2/c1-25(31(28,29)19-11-10-17(22)30-19)12-18(26)24-16-5-3-2-4-15(16)20(27)23-14-8-6-13(21)7-9-14/h2-11H,12H2,1H3,(H,23,27)(H,24,26). The second-order valence-electron chi connectivity index (χ2n) is 6.37. The number of rotatable bonds is 7. The number of nitrogens with zero attached hydrogens (tertiary/aromatic N) is 1. The van der Waals surface area contributed by atoms with E-state index in [0.717, 1.165) is 15.6 Å². The van der Waals surface area contributed by atoms with E-state index in [-0.39, 0.29) is 15.5 Å². The number of nitrogens with one attached hydrogen (secondary N) is 2. The molecule has 31 heavy (non-hydrogen) atoms. The highest BCUT2D eigenvalue weighted by Gasteiger charge is 2.25. The fraction of sp³-hybridized carbons (Fsp3) is 0.100. The summed E-state index contributed by atoms with van der Waals surface area (Å²) in [6, 6.07) is 15.9. The van der Waals surface area contributed by atoms with Gasteiger partial charge in [-0.3, -0.25) is 9.59 Å². The maximum Gasteiger partial charge on any atom is 0.257 e. The molecule has 0 aliphatic carbocycles. The van der Waals surface area contributed by atoms with Crippen molar-refractivity contribution in [2.75, 3.05) is 24.2 Å². The molecule has 0 aliphatic rings. The molecular formula is C20H17Cl2N3O4S2. The summed E-state index contributed by atoms with van der Waals surface area (Å²) in [6.07, 6.45) is 0. The molecule has 162 valence electrons. The van der Waals surface area contributed by atoms with Gasteiger partial charge in [0, 0.05) is 17.8 Å². The van der Waals surface area contributed by atoms with E-state index in [2.05, 4.69) is 10.6 Å². The predicted molar refractivity (Wildman–Crippen MR) is 124 cm³/mol. The van der Waals surface area contributed by atoms with Crippen LogP contribution in [0.5, 0.6) is 0 Å². The molecule has 0 saturated heterocycles. The van der Waals surface area contributed by atoms with E-state index in [4.69, 9.17) is 23.2 Å². The molecule has 0 atom stereocenters. The fourth-order valence-electron chi connectivity index (χ4n) is 2.59. The largest absolute Gasteiger partial charge is 0.324 e. The van der Waals surface area contributed by atoms with Crippen LogP contribution in [0.1, 0.15) is 10.4 Å². The van der Waals surface area contributed by atoms with E-state index < -0.39 is 28.4 Å². The van der Waals surface area contributed by atoms with Gasteiger partial charge in [0.05, 0.1) is 22.1 Å². The molecule has 0 spiro atoms. The zero-order valence-corrected chi connectivity index (χ0v) is 19.3. The van der Waals surface area contributed by atoms with Crippen LogP contribution >= 0.6 is 34.5 Å². The Morgan fingerprint density at radius 3 is 2.29 bits per heavy atom. The summed E-state index contributed by atoms with van der Waals surface area (Å²) in [5.41, 5.74) is 1.02. The molecule has 3 aromatic rings. The first-order chi connectivity index (χ1) is 14.7. The molecule has 2 aromatic carbocycles. The van der Waals surface area contributed by atoms with Crippen LogP contribution in [0.3, 0.4) is 0 Å². The summed E-state index contributed by atoms with van der Waals surface area (Å²) in [5, 5.41) is 5.85. The van der Waals surface area contributed by atoms with Gasteiger partial charge in [0.2, 0.25) is 5.91 Å². The number of halogens is 2. The van der Waals surface area contributed by atoms with Crippen molar-refractivity contribution in [1.82, 2.24) is 4.31 Å². The number of thiophene rings is 1. The van der Waals surface area contributed by atoms with E-state index in [1.54, 1.807) is 48.5 Å². The lowest BCUT2D eigenvalue weighted by atomic mass is 10.1. The molecule has 1 aromatic heterocycles. The number of amides is 2. The number of hydrogen-bond acceptors (Lipinski definition) is 5. The molecule has 0 unspecified atom stereocenters. The van der Waals surface area contributed by atoms with Crippen LogP contribution < -0.4 is 10.6 Å². The van der Waals surface area contributed by atoms with Crippen LogP contribution in [0.2, 0.25) is 9.36 Å². The molecule has 3 rings (SSSR count). The average Bonchev–Trinajstić information content (AvgIpc) is 3.17. The highest BCUT2D eigenvalue weighted by Crippen LogP contribution is 2.27. The van der Waals surface area contributed by atoms with Gasteiger partial charge in [-0.25, -0.2) is 8.42 Å². The fourth-order valence-corrected chi connectivity index (χ4v) is 5.54. The van der Waals surface area contributed by atoms with Crippen molar-refractivity contribution in [1.29, 1.82) is 0 Å². The Morgan fingerprint density at radius 2 is 1.65 bits per heavy atom. The van der Waals surface area contributed by atoms with Crippen LogP contribution in [0, 0.1) is 0 Å². The first-order valence-corrected chi connectivity index (χ1v) is 11.9. The third kappa shape index (κ3) is 5.84. The summed E-state index contributed by atoms with van der Waals surface area (Å²) < 4.78 is 26.4. The summed E-state index contributed by atoms with van der Waals surface area (Å²) in [5.74, 6) is -1.03. The van der Waals surface area contributed by atoms with Gasteiger partial charge in [-0.15, -0.1) is 11.3 Å². The molecular weight excluding hydrogens is 481 g/mol. The molecule has 0 aliphatic heterocycles. The predicted octanol–water partition coefficient (Wildman–Crippen LogP) is 4.57. The van der Waals surface area contributed by atoms with Gasteiger partial charge < -0.3 is 10.6 Å². The number of likely N-dealkylation sites (N-methyl/N-ethyl adjacent to an activating group) is 1. The topological polar surface area (TPSA) is 95.6 Å². The Morgan fingerprint density at radius 1 is 0.968 bits per heavy atom. The Hall–Kier alpha value is -2.43. The molecule has 7 nitrogen and oxygen atoms in total. The number of para-hydroxylation sites is 1. The quantitative estimate of drug-likeness (QED) is 0.499. The van der Waals surface area contributed by atoms with E-state index in [1.165, 1.54) is 19.2 Å². The zero-order chi connectivity index (χ0) is 22.6. The normalized spacial score (nSPS) is 11.4. The molecule has 0 saturated carbocycles. The van der Waals surface area contributed by atoms with E-state index >= 15 is 0 Å². The van der Waals surface area contributed by atoms with Gasteiger partial charge in [0.1, 0.15) is 4.21 Å². The summed E-state index contributed by atoms with van der Waals surface area (Å²) >= 11 is 12.6. The van der Waals surface area contributed by atoms with Crippen molar-refractivity contribution >= 4 is 67.8 Å². The third-order valence-electron chi connectivity index (χ3n) is 4.13. The number of carbonyl (C=O) groups is 2. The highest BCUT2D eigenvalue weighted by molar-refractivity contribution is 7.91. The Kier molecular flexibility index (Phi) is 7.34. The van der Waals surface area contributed by atoms with E-state index in [0.29, 0.717) is 15.0 Å². The zero-order valence-electron chi connectivity index (χ0n) is 16.1. The minimum Gasteiger partial charge on any atom is -0.324 e. The smallest absolute Gasteiger partial charge is 0.257 e. The van der Waals surface area contributed by atoms with Crippen molar-refractivity contribution in [2.24, 2.45) is 0 Å². The lowest BCUT2D eigenvalue weighted by Gasteiger charge is -2.17. The third-order valence-corrected chi connectivity index (χ3v) is 7.88. The number of benzene rings is 2. The van der Waals surface area contributed by atoms with Crippen LogP contribution in [-0.4, -0.2) is 38.1 Å². The van der Waals surface area contributed by atoms with E-state index in [1.807, 2.05) is 0 Å². The summed E-state index contributed by atoms with van der Waals surface area (Å²) in [6.45, 7) is -0.439. The lowest BCUT2D eigenvalue weighted by Crippen LogP contribution is -2.35. The first-order valence-electron chi connectivity index (χ1n) is 8.84. The summed E-state index contributed by atoms with van der Waals surface area (Å²) in [4.78, 5) is 25.1. The van der Waals surface area contributed by atoms with Crippen molar-refractivity contribution in [3.63, 3.8) is 0 Å². The molecule has 2 N–H and O–H groups in total. The monoisotopic (exact) mass is 497 g/mol.